The fraction of sp³-hybridized carbons (Fsp3) is 0.375. The van der Waals surface area contributed by atoms with E-state index in [-0.39, 0.29) is 6.04 Å². The fourth-order valence-corrected chi connectivity index (χ4v) is 1.01. The number of rotatable bonds is 1. The first-order valence-corrected chi connectivity index (χ1v) is 3.37. The number of nitrogens with two attached hydrogens (primary N) is 1. The fourth-order valence-electron chi connectivity index (χ4n) is 1.01. The Labute approximate surface area is 66.2 Å². The molecular formula is C8H11N3. The third kappa shape index (κ3) is 1.41. The van der Waals surface area contributed by atoms with Gasteiger partial charge in [-0.15, -0.1) is 6.42 Å². The highest BCUT2D eigenvalue weighted by molar-refractivity contribution is 5.25. The third-order valence-corrected chi connectivity index (χ3v) is 1.57. The summed E-state index contributed by atoms with van der Waals surface area (Å²) in [4.78, 5) is 0. The van der Waals surface area contributed by atoms with Gasteiger partial charge in [-0.2, -0.15) is 5.10 Å². The number of hydrogen-bond acceptors (Lipinski definition) is 2. The van der Waals surface area contributed by atoms with Crippen LogP contribution in [-0.2, 0) is 7.05 Å². The molecule has 1 aromatic heterocycles. The van der Waals surface area contributed by atoms with E-state index in [1.165, 1.54) is 0 Å². The molecule has 0 fully saturated rings. The lowest BCUT2D eigenvalue weighted by Gasteiger charge is -1.99. The second kappa shape index (κ2) is 2.77. The van der Waals surface area contributed by atoms with Crippen LogP contribution in [0.4, 0.5) is 0 Å². The number of terminal acetylenes is 1. The van der Waals surface area contributed by atoms with E-state index in [1.807, 2.05) is 20.2 Å². The normalized spacial score (nSPS) is 12.5. The maximum absolute atomic E-state index is 5.62. The number of aromatic nitrogens is 2. The molecule has 0 aliphatic heterocycles. The van der Waals surface area contributed by atoms with Crippen LogP contribution in [0, 0.1) is 19.3 Å². The molecule has 1 unspecified atom stereocenters. The standard InChI is InChI=1S/C8H11N3/c1-4-8(9)7-5-11(3)10-6(7)2/h1,5,8H,9H2,2-3H3. The molecule has 3 heteroatoms. The smallest absolute Gasteiger partial charge is 0.0951 e. The Bertz CT molecular complexity index is 293. The lowest BCUT2D eigenvalue weighted by molar-refractivity contribution is 0.756. The van der Waals surface area contributed by atoms with E-state index in [9.17, 15) is 0 Å². The minimum absolute atomic E-state index is 0.330. The van der Waals surface area contributed by atoms with Crippen LogP contribution >= 0.6 is 0 Å². The van der Waals surface area contributed by atoms with Crippen LogP contribution in [0.1, 0.15) is 17.3 Å². The molecule has 0 saturated carbocycles. The van der Waals surface area contributed by atoms with Crippen molar-refractivity contribution >= 4 is 0 Å². The van der Waals surface area contributed by atoms with Gasteiger partial charge in [-0.05, 0) is 6.92 Å². The maximum atomic E-state index is 5.62. The summed E-state index contributed by atoms with van der Waals surface area (Å²) >= 11 is 0. The van der Waals surface area contributed by atoms with Gasteiger partial charge < -0.3 is 5.73 Å². The van der Waals surface area contributed by atoms with E-state index >= 15 is 0 Å². The lowest BCUT2D eigenvalue weighted by atomic mass is 10.1. The lowest BCUT2D eigenvalue weighted by Crippen LogP contribution is -2.07. The molecule has 0 amide bonds. The minimum Gasteiger partial charge on any atom is -0.314 e. The van der Waals surface area contributed by atoms with Gasteiger partial charge in [0, 0.05) is 18.8 Å². The molecule has 58 valence electrons. The van der Waals surface area contributed by atoms with Gasteiger partial charge in [0.25, 0.3) is 0 Å². The van der Waals surface area contributed by atoms with Gasteiger partial charge in [0.2, 0.25) is 0 Å². The molecule has 1 atom stereocenters. The van der Waals surface area contributed by atoms with Gasteiger partial charge in [0.15, 0.2) is 0 Å². The van der Waals surface area contributed by atoms with Crippen molar-refractivity contribution < 1.29 is 0 Å². The Balaban J connectivity index is 3.05. The molecule has 0 aliphatic carbocycles. The van der Waals surface area contributed by atoms with Gasteiger partial charge in [0.1, 0.15) is 0 Å². The second-order valence-corrected chi connectivity index (χ2v) is 2.49. The van der Waals surface area contributed by atoms with Crippen LogP contribution in [-0.4, -0.2) is 9.78 Å². The molecule has 0 aromatic carbocycles. The average molecular weight is 149 g/mol. The molecule has 2 N–H and O–H groups in total. The molecule has 1 aromatic rings. The Hall–Kier alpha value is -1.27. The van der Waals surface area contributed by atoms with Crippen molar-refractivity contribution in [2.75, 3.05) is 0 Å². The first-order valence-electron chi connectivity index (χ1n) is 3.37. The van der Waals surface area contributed by atoms with Crippen molar-refractivity contribution in [2.24, 2.45) is 12.8 Å². The van der Waals surface area contributed by atoms with E-state index in [4.69, 9.17) is 12.2 Å². The summed E-state index contributed by atoms with van der Waals surface area (Å²) in [5.74, 6) is 2.46. The molecule has 0 bridgehead atoms. The van der Waals surface area contributed by atoms with Crippen LogP contribution < -0.4 is 5.73 Å². The molecule has 1 rings (SSSR count). The summed E-state index contributed by atoms with van der Waals surface area (Å²) in [7, 11) is 1.85. The Morgan fingerprint density at radius 1 is 1.82 bits per heavy atom. The van der Waals surface area contributed by atoms with Gasteiger partial charge in [0.05, 0.1) is 11.7 Å². The minimum atomic E-state index is -0.330. The predicted molar refractivity (Wildman–Crippen MR) is 43.7 cm³/mol. The first-order chi connectivity index (χ1) is 5.15. The largest absolute Gasteiger partial charge is 0.314 e. The van der Waals surface area contributed by atoms with E-state index in [0.717, 1.165) is 11.3 Å². The van der Waals surface area contributed by atoms with Crippen molar-refractivity contribution in [1.82, 2.24) is 9.78 Å². The van der Waals surface area contributed by atoms with Gasteiger partial charge in [-0.25, -0.2) is 0 Å². The molecule has 0 saturated heterocycles. The molecule has 1 heterocycles. The van der Waals surface area contributed by atoms with E-state index in [2.05, 4.69) is 11.0 Å². The molecule has 0 aliphatic rings. The Morgan fingerprint density at radius 2 is 2.45 bits per heavy atom. The maximum Gasteiger partial charge on any atom is 0.0951 e. The molecule has 11 heavy (non-hydrogen) atoms. The van der Waals surface area contributed by atoms with Gasteiger partial charge >= 0.3 is 0 Å². The zero-order valence-electron chi connectivity index (χ0n) is 6.70. The van der Waals surface area contributed by atoms with E-state index < -0.39 is 0 Å². The topological polar surface area (TPSA) is 43.8 Å². The second-order valence-electron chi connectivity index (χ2n) is 2.49. The Morgan fingerprint density at radius 3 is 2.82 bits per heavy atom. The van der Waals surface area contributed by atoms with Crippen molar-refractivity contribution in [2.45, 2.75) is 13.0 Å². The van der Waals surface area contributed by atoms with E-state index in [1.54, 1.807) is 4.68 Å². The summed E-state index contributed by atoms with van der Waals surface area (Å²) < 4.78 is 1.71. The van der Waals surface area contributed by atoms with Crippen LogP contribution in [0.2, 0.25) is 0 Å². The number of hydrogen-bond donors (Lipinski definition) is 1. The van der Waals surface area contributed by atoms with Gasteiger partial charge in [-0.3, -0.25) is 4.68 Å². The SMILES string of the molecule is C#CC(N)c1cn(C)nc1C. The zero-order chi connectivity index (χ0) is 8.43. The van der Waals surface area contributed by atoms with E-state index in [0.29, 0.717) is 0 Å². The molecule has 0 spiro atoms. The quantitative estimate of drug-likeness (QED) is 0.586. The van der Waals surface area contributed by atoms with Crippen molar-refractivity contribution in [3.63, 3.8) is 0 Å². The van der Waals surface area contributed by atoms with Crippen LogP contribution in [0.5, 0.6) is 0 Å². The zero-order valence-corrected chi connectivity index (χ0v) is 6.70. The first kappa shape index (κ1) is 7.83. The average Bonchev–Trinajstić information content (AvgIpc) is 2.28. The summed E-state index contributed by atoms with van der Waals surface area (Å²) in [5.41, 5.74) is 7.45. The number of aryl methyl sites for hydroxylation is 2. The summed E-state index contributed by atoms with van der Waals surface area (Å²) in [6.07, 6.45) is 7.02. The predicted octanol–water partition coefficient (Wildman–Crippen LogP) is 0.362. The molecule has 0 radical (unpaired) electrons. The third-order valence-electron chi connectivity index (χ3n) is 1.57. The van der Waals surface area contributed by atoms with Crippen LogP contribution in [0.15, 0.2) is 6.20 Å². The summed E-state index contributed by atoms with van der Waals surface area (Å²) in [6.45, 7) is 1.90. The van der Waals surface area contributed by atoms with Gasteiger partial charge in [-0.1, -0.05) is 5.92 Å². The van der Waals surface area contributed by atoms with Crippen LogP contribution in [0.25, 0.3) is 0 Å². The van der Waals surface area contributed by atoms with Crippen molar-refractivity contribution in [1.29, 1.82) is 0 Å². The monoisotopic (exact) mass is 149 g/mol. The summed E-state index contributed by atoms with van der Waals surface area (Å²) in [5, 5.41) is 4.12. The highest BCUT2D eigenvalue weighted by Gasteiger charge is 2.08. The highest BCUT2D eigenvalue weighted by Crippen LogP contribution is 2.11. The highest BCUT2D eigenvalue weighted by atomic mass is 15.2. The van der Waals surface area contributed by atoms with Crippen LogP contribution in [0.3, 0.4) is 0 Å². The molecular weight excluding hydrogens is 138 g/mol. The Kier molecular flexibility index (Phi) is 1.97. The molecule has 3 nitrogen and oxygen atoms in total. The van der Waals surface area contributed by atoms with Crippen molar-refractivity contribution in [3.05, 3.63) is 17.5 Å². The summed E-state index contributed by atoms with van der Waals surface area (Å²) in [6, 6.07) is -0.330. The number of nitrogens with zero attached hydrogens (tertiary/aromatic N) is 2. The van der Waals surface area contributed by atoms with Crippen molar-refractivity contribution in [3.8, 4) is 12.3 Å².